The summed E-state index contributed by atoms with van der Waals surface area (Å²) in [5.74, 6) is 1.02. The lowest BCUT2D eigenvalue weighted by atomic mass is 9.96. The maximum atomic E-state index is 12.2. The van der Waals surface area contributed by atoms with Crippen molar-refractivity contribution in [3.05, 3.63) is 29.8 Å². The zero-order valence-corrected chi connectivity index (χ0v) is 11.1. The van der Waals surface area contributed by atoms with Crippen LogP contribution in [0.1, 0.15) is 43.5 Å². The van der Waals surface area contributed by atoms with Crippen LogP contribution in [-0.2, 0) is 0 Å². The van der Waals surface area contributed by atoms with E-state index in [0.29, 0.717) is 0 Å². The molecule has 1 aliphatic heterocycles. The normalized spacial score (nSPS) is 19.8. The molecule has 2 rings (SSSR count). The molecule has 1 N–H and O–H groups in total. The van der Waals surface area contributed by atoms with E-state index in [2.05, 4.69) is 5.32 Å². The Bertz CT molecular complexity index is 391. The first-order valence-corrected chi connectivity index (χ1v) is 6.71. The number of nitrogens with one attached hydrogen (secondary N) is 1. The molecule has 1 heterocycles. The number of ether oxygens (including phenoxy) is 1. The predicted octanol–water partition coefficient (Wildman–Crippen LogP) is 2.80. The molecule has 0 saturated carbocycles. The molecule has 0 spiro atoms. The summed E-state index contributed by atoms with van der Waals surface area (Å²) in [6, 6.07) is 7.45. The number of benzene rings is 1. The highest BCUT2D eigenvalue weighted by Crippen LogP contribution is 2.17. The minimum atomic E-state index is -0.00406. The maximum absolute atomic E-state index is 12.2. The van der Waals surface area contributed by atoms with Gasteiger partial charge in [0.05, 0.1) is 12.1 Å². The molecule has 1 fully saturated rings. The minimum absolute atomic E-state index is 0.00406. The summed E-state index contributed by atoms with van der Waals surface area (Å²) in [5.41, 5.74) is 0.769. The number of hydrogen-bond donors (Lipinski definition) is 1. The monoisotopic (exact) mass is 247 g/mol. The molecule has 1 aromatic rings. The van der Waals surface area contributed by atoms with Gasteiger partial charge in [0.1, 0.15) is 5.75 Å². The van der Waals surface area contributed by atoms with Gasteiger partial charge in [0.2, 0.25) is 0 Å². The smallest absolute Gasteiger partial charge is 0.179 e. The van der Waals surface area contributed by atoms with Crippen LogP contribution in [0.3, 0.4) is 0 Å². The number of rotatable bonds is 4. The van der Waals surface area contributed by atoms with Gasteiger partial charge in [-0.3, -0.25) is 4.79 Å². The highest BCUT2D eigenvalue weighted by atomic mass is 16.5. The van der Waals surface area contributed by atoms with E-state index in [1.54, 1.807) is 0 Å². The molecule has 18 heavy (non-hydrogen) atoms. The van der Waals surface area contributed by atoms with Gasteiger partial charge in [-0.15, -0.1) is 0 Å². The van der Waals surface area contributed by atoms with Crippen molar-refractivity contribution in [2.45, 2.75) is 45.3 Å². The van der Waals surface area contributed by atoms with Crippen LogP contribution < -0.4 is 10.1 Å². The second kappa shape index (κ2) is 6.01. The number of carbonyl (C=O) groups excluding carboxylic acids is 1. The summed E-state index contributed by atoms with van der Waals surface area (Å²) in [6.07, 6.45) is 3.41. The fourth-order valence-electron chi connectivity index (χ4n) is 2.25. The van der Waals surface area contributed by atoms with Crippen molar-refractivity contribution in [1.29, 1.82) is 0 Å². The van der Waals surface area contributed by atoms with E-state index in [9.17, 15) is 4.79 Å². The van der Waals surface area contributed by atoms with Gasteiger partial charge in [0.25, 0.3) is 0 Å². The lowest BCUT2D eigenvalue weighted by Gasteiger charge is -2.22. The molecular formula is C15H21NO2. The molecule has 1 aliphatic rings. The van der Waals surface area contributed by atoms with Crippen LogP contribution in [0.25, 0.3) is 0 Å². The Labute approximate surface area is 109 Å². The molecule has 1 saturated heterocycles. The number of Topliss-reactive ketones (excluding diaryl/α,β-unsaturated/α-hetero) is 1. The molecule has 3 nitrogen and oxygen atoms in total. The van der Waals surface area contributed by atoms with E-state index in [4.69, 9.17) is 4.74 Å². The summed E-state index contributed by atoms with van der Waals surface area (Å²) < 4.78 is 5.57. The van der Waals surface area contributed by atoms with Crippen LogP contribution in [0.15, 0.2) is 24.3 Å². The van der Waals surface area contributed by atoms with Gasteiger partial charge in [0.15, 0.2) is 5.78 Å². The molecule has 98 valence electrons. The van der Waals surface area contributed by atoms with Crippen LogP contribution in [0.2, 0.25) is 0 Å². The van der Waals surface area contributed by atoms with E-state index >= 15 is 0 Å². The summed E-state index contributed by atoms with van der Waals surface area (Å²) in [4.78, 5) is 12.2. The van der Waals surface area contributed by atoms with Gasteiger partial charge in [-0.2, -0.15) is 0 Å². The molecule has 3 heteroatoms. The summed E-state index contributed by atoms with van der Waals surface area (Å²) >= 11 is 0. The predicted molar refractivity (Wildman–Crippen MR) is 72.2 cm³/mol. The quantitative estimate of drug-likeness (QED) is 0.831. The summed E-state index contributed by atoms with van der Waals surface area (Å²) in [7, 11) is 0. The second-order valence-corrected chi connectivity index (χ2v) is 5.06. The molecule has 0 bridgehead atoms. The van der Waals surface area contributed by atoms with Crippen molar-refractivity contribution >= 4 is 5.78 Å². The Morgan fingerprint density at radius 1 is 1.28 bits per heavy atom. The molecule has 1 unspecified atom stereocenters. The fraction of sp³-hybridized carbons (Fsp3) is 0.533. The Balaban J connectivity index is 2.02. The Hall–Kier alpha value is -1.35. The SMILES string of the molecule is CC(C)Oc1ccc(C(=O)C2CCCCN2)cc1. The first-order chi connectivity index (χ1) is 8.66. The van der Waals surface area contributed by atoms with Crippen molar-refractivity contribution < 1.29 is 9.53 Å². The van der Waals surface area contributed by atoms with Gasteiger partial charge in [-0.1, -0.05) is 6.42 Å². The summed E-state index contributed by atoms with van der Waals surface area (Å²) in [6.45, 7) is 4.93. The number of piperidine rings is 1. The average molecular weight is 247 g/mol. The van der Waals surface area contributed by atoms with Gasteiger partial charge in [0, 0.05) is 5.56 Å². The van der Waals surface area contributed by atoms with Gasteiger partial charge >= 0.3 is 0 Å². The molecule has 0 amide bonds. The molecular weight excluding hydrogens is 226 g/mol. The molecule has 0 aliphatic carbocycles. The zero-order valence-electron chi connectivity index (χ0n) is 11.1. The minimum Gasteiger partial charge on any atom is -0.491 e. The van der Waals surface area contributed by atoms with Gasteiger partial charge < -0.3 is 10.1 Å². The van der Waals surface area contributed by atoms with E-state index < -0.39 is 0 Å². The Morgan fingerprint density at radius 3 is 2.56 bits per heavy atom. The van der Waals surface area contributed by atoms with E-state index in [-0.39, 0.29) is 17.9 Å². The van der Waals surface area contributed by atoms with Gasteiger partial charge in [-0.25, -0.2) is 0 Å². The Morgan fingerprint density at radius 2 is 2.00 bits per heavy atom. The number of hydrogen-bond acceptors (Lipinski definition) is 3. The van der Waals surface area contributed by atoms with E-state index in [1.165, 1.54) is 6.42 Å². The first-order valence-electron chi connectivity index (χ1n) is 6.71. The van der Waals surface area contributed by atoms with Gasteiger partial charge in [-0.05, 0) is 57.5 Å². The number of carbonyl (C=O) groups is 1. The fourth-order valence-corrected chi connectivity index (χ4v) is 2.25. The largest absolute Gasteiger partial charge is 0.491 e. The summed E-state index contributed by atoms with van der Waals surface area (Å²) in [5, 5.41) is 3.28. The first kappa shape index (κ1) is 13.1. The van der Waals surface area contributed by atoms with Crippen LogP contribution >= 0.6 is 0 Å². The number of ketones is 1. The van der Waals surface area contributed by atoms with Crippen molar-refractivity contribution in [2.24, 2.45) is 0 Å². The second-order valence-electron chi connectivity index (χ2n) is 5.06. The highest BCUT2D eigenvalue weighted by molar-refractivity contribution is 6.00. The van der Waals surface area contributed by atoms with Crippen molar-refractivity contribution in [2.75, 3.05) is 6.54 Å². The highest BCUT2D eigenvalue weighted by Gasteiger charge is 2.21. The Kier molecular flexibility index (Phi) is 4.37. The maximum Gasteiger partial charge on any atom is 0.179 e. The van der Waals surface area contributed by atoms with Crippen molar-refractivity contribution in [3.63, 3.8) is 0 Å². The molecule has 0 aromatic heterocycles. The third kappa shape index (κ3) is 3.33. The van der Waals surface area contributed by atoms with Crippen LogP contribution in [0.4, 0.5) is 0 Å². The topological polar surface area (TPSA) is 38.3 Å². The third-order valence-electron chi connectivity index (χ3n) is 3.14. The molecule has 1 aromatic carbocycles. The lowest BCUT2D eigenvalue weighted by Crippen LogP contribution is -2.40. The van der Waals surface area contributed by atoms with E-state index in [1.807, 2.05) is 38.1 Å². The van der Waals surface area contributed by atoms with Crippen molar-refractivity contribution in [1.82, 2.24) is 5.32 Å². The average Bonchev–Trinajstić information content (AvgIpc) is 2.39. The lowest BCUT2D eigenvalue weighted by molar-refractivity contribution is 0.0927. The van der Waals surface area contributed by atoms with Crippen LogP contribution in [-0.4, -0.2) is 24.5 Å². The zero-order chi connectivity index (χ0) is 13.0. The van der Waals surface area contributed by atoms with E-state index in [0.717, 1.165) is 30.7 Å². The standard InChI is InChI=1S/C15H21NO2/c1-11(2)18-13-8-6-12(7-9-13)15(17)14-5-3-4-10-16-14/h6-9,11,14,16H,3-5,10H2,1-2H3. The van der Waals surface area contributed by atoms with Crippen LogP contribution in [0.5, 0.6) is 5.75 Å². The van der Waals surface area contributed by atoms with Crippen molar-refractivity contribution in [3.8, 4) is 5.75 Å². The third-order valence-corrected chi connectivity index (χ3v) is 3.14. The van der Waals surface area contributed by atoms with Crippen LogP contribution in [0, 0.1) is 0 Å². The molecule has 0 radical (unpaired) electrons. The molecule has 1 atom stereocenters.